The first-order valence-electron chi connectivity index (χ1n) is 15.1. The van der Waals surface area contributed by atoms with Crippen LogP contribution in [0.25, 0.3) is 44.5 Å². The number of hydrogen-bond donors (Lipinski definition) is 1. The van der Waals surface area contributed by atoms with Gasteiger partial charge < -0.3 is 19.6 Å². The van der Waals surface area contributed by atoms with Crippen molar-refractivity contribution in [2.24, 2.45) is 17.6 Å². The zero-order valence-electron chi connectivity index (χ0n) is 24.0. The summed E-state index contributed by atoms with van der Waals surface area (Å²) in [6.45, 7) is 8.17. The van der Waals surface area contributed by atoms with E-state index in [1.165, 1.54) is 29.3 Å². The second-order valence-corrected chi connectivity index (χ2v) is 12.9. The Kier molecular flexibility index (Phi) is 5.52. The lowest BCUT2D eigenvalue weighted by Crippen LogP contribution is -2.41. The number of carbonyl (C=O) groups excluding carboxylic acids is 1. The highest BCUT2D eigenvalue weighted by atomic mass is 16.3. The normalized spacial score (nSPS) is 22.2. The Morgan fingerprint density at radius 3 is 2.63 bits per heavy atom. The number of aromatic nitrogens is 3. The molecule has 4 heterocycles. The zero-order chi connectivity index (χ0) is 28.0. The SMILES string of the molecule is Cc1c(-c2cc3ccc(-c4cnn(C(C)C)c4)cc3n2CC2CC2)oc2cc(C(=O)N3CC4CCC3[C@@H]4N)ccc12. The first-order chi connectivity index (χ1) is 19.9. The molecule has 2 unspecified atom stereocenters. The van der Waals surface area contributed by atoms with E-state index in [1.807, 2.05) is 27.9 Å². The van der Waals surface area contributed by atoms with Crippen LogP contribution < -0.4 is 5.73 Å². The molecule has 3 aromatic heterocycles. The molecule has 7 heteroatoms. The van der Waals surface area contributed by atoms with E-state index in [2.05, 4.69) is 67.0 Å². The monoisotopic (exact) mass is 547 g/mol. The number of hydrogen-bond acceptors (Lipinski definition) is 4. The summed E-state index contributed by atoms with van der Waals surface area (Å²) >= 11 is 0. The van der Waals surface area contributed by atoms with Gasteiger partial charge in [-0.3, -0.25) is 9.48 Å². The number of nitrogens with zero attached hydrogens (tertiary/aromatic N) is 4. The first-order valence-corrected chi connectivity index (χ1v) is 15.1. The van der Waals surface area contributed by atoms with Crippen LogP contribution in [0.1, 0.15) is 61.5 Å². The van der Waals surface area contributed by atoms with Crippen molar-refractivity contribution < 1.29 is 9.21 Å². The van der Waals surface area contributed by atoms with Crippen molar-refractivity contribution in [3.8, 4) is 22.6 Å². The molecule has 2 aromatic carbocycles. The van der Waals surface area contributed by atoms with Gasteiger partial charge in [0, 0.05) is 70.4 Å². The Morgan fingerprint density at radius 2 is 1.93 bits per heavy atom. The van der Waals surface area contributed by atoms with Crippen molar-refractivity contribution in [3.63, 3.8) is 0 Å². The van der Waals surface area contributed by atoms with Crippen molar-refractivity contribution in [2.75, 3.05) is 6.54 Å². The standard InChI is InChI=1S/C34H37N5O2/c1-19(2)39-18-26(15-36-39)22-6-7-23-13-30(37(29(23)12-22)16-21-4-5-21)33-20(3)27-10-8-24(14-31(27)41-33)34(40)38-17-25-9-11-28(38)32(25)35/h6-8,10,12-15,18-19,21,25,28,32H,4-5,9,11,16-17,35H2,1-3H3/t25?,28?,32-/m1/s1. The van der Waals surface area contributed by atoms with Crippen LogP contribution in [0.3, 0.4) is 0 Å². The lowest BCUT2D eigenvalue weighted by atomic mass is 10.1. The van der Waals surface area contributed by atoms with Crippen molar-refractivity contribution >= 4 is 27.8 Å². The van der Waals surface area contributed by atoms with Crippen LogP contribution in [0.15, 0.2) is 59.3 Å². The Morgan fingerprint density at radius 1 is 1.07 bits per heavy atom. The fourth-order valence-electron chi connectivity index (χ4n) is 7.20. The van der Waals surface area contributed by atoms with Crippen molar-refractivity contribution in [1.29, 1.82) is 0 Å². The summed E-state index contributed by atoms with van der Waals surface area (Å²) in [5, 5.41) is 6.82. The molecular weight excluding hydrogens is 510 g/mol. The molecule has 0 spiro atoms. The number of piperidine rings is 1. The predicted octanol–water partition coefficient (Wildman–Crippen LogP) is 6.78. The molecule has 2 aliphatic carbocycles. The summed E-state index contributed by atoms with van der Waals surface area (Å²) in [6.07, 6.45) is 8.77. The third-order valence-corrected chi connectivity index (χ3v) is 9.84. The Hall–Kier alpha value is -3.84. The van der Waals surface area contributed by atoms with E-state index in [0.29, 0.717) is 23.4 Å². The van der Waals surface area contributed by atoms with Gasteiger partial charge >= 0.3 is 0 Å². The molecule has 3 aliphatic rings. The number of aryl methyl sites for hydroxylation is 1. The number of nitrogens with two attached hydrogens (primary N) is 1. The molecule has 210 valence electrons. The lowest BCUT2D eigenvalue weighted by Gasteiger charge is -2.27. The average molecular weight is 548 g/mol. The quantitative estimate of drug-likeness (QED) is 0.254. The molecule has 41 heavy (non-hydrogen) atoms. The van der Waals surface area contributed by atoms with Gasteiger partial charge in [-0.05, 0) is 88.1 Å². The third kappa shape index (κ3) is 3.96. The number of amides is 1. The predicted molar refractivity (Wildman–Crippen MR) is 162 cm³/mol. The van der Waals surface area contributed by atoms with Crippen molar-refractivity contribution in [1.82, 2.24) is 19.2 Å². The van der Waals surface area contributed by atoms with Gasteiger partial charge in [0.1, 0.15) is 5.58 Å². The van der Waals surface area contributed by atoms with Crippen LogP contribution >= 0.6 is 0 Å². The highest BCUT2D eigenvalue weighted by molar-refractivity contribution is 6.00. The number of rotatable bonds is 6. The van der Waals surface area contributed by atoms with E-state index in [1.54, 1.807) is 0 Å². The molecule has 3 fully saturated rings. The van der Waals surface area contributed by atoms with E-state index < -0.39 is 0 Å². The van der Waals surface area contributed by atoms with Crippen LogP contribution in [-0.2, 0) is 6.54 Å². The largest absolute Gasteiger partial charge is 0.454 e. The molecule has 1 amide bonds. The number of fused-ring (bicyclic) bond motifs is 4. The summed E-state index contributed by atoms with van der Waals surface area (Å²) in [7, 11) is 0. The van der Waals surface area contributed by atoms with Gasteiger partial charge in [-0.1, -0.05) is 18.2 Å². The Labute approximate surface area is 239 Å². The first kappa shape index (κ1) is 24.9. The Bertz CT molecular complexity index is 1820. The summed E-state index contributed by atoms with van der Waals surface area (Å²) in [5.74, 6) is 2.09. The van der Waals surface area contributed by atoms with Gasteiger partial charge in [0.15, 0.2) is 5.76 Å². The fraction of sp³-hybridized carbons (Fsp3) is 0.412. The van der Waals surface area contributed by atoms with Gasteiger partial charge in [0.25, 0.3) is 5.91 Å². The van der Waals surface area contributed by atoms with Crippen LogP contribution in [0.5, 0.6) is 0 Å². The Balaban J connectivity index is 1.19. The zero-order valence-corrected chi connectivity index (χ0v) is 24.0. The van der Waals surface area contributed by atoms with Gasteiger partial charge in [-0.2, -0.15) is 5.10 Å². The maximum Gasteiger partial charge on any atom is 0.254 e. The second kappa shape index (κ2) is 9.08. The van der Waals surface area contributed by atoms with E-state index in [-0.39, 0.29) is 18.0 Å². The van der Waals surface area contributed by atoms with Gasteiger partial charge in [0.2, 0.25) is 0 Å². The molecule has 5 aromatic rings. The highest BCUT2D eigenvalue weighted by Crippen LogP contribution is 2.41. The van der Waals surface area contributed by atoms with E-state index in [4.69, 9.17) is 10.2 Å². The molecule has 7 nitrogen and oxygen atoms in total. The minimum absolute atomic E-state index is 0.0707. The number of likely N-dealkylation sites (tertiary alicyclic amines) is 1. The van der Waals surface area contributed by atoms with Gasteiger partial charge in [-0.25, -0.2) is 0 Å². The summed E-state index contributed by atoms with van der Waals surface area (Å²) in [5.41, 5.74) is 13.6. The highest BCUT2D eigenvalue weighted by Gasteiger charge is 2.46. The van der Waals surface area contributed by atoms with E-state index in [9.17, 15) is 4.79 Å². The van der Waals surface area contributed by atoms with E-state index >= 15 is 0 Å². The summed E-state index contributed by atoms with van der Waals surface area (Å²) in [6, 6.07) is 15.5. The van der Waals surface area contributed by atoms with Crippen LogP contribution in [0.2, 0.25) is 0 Å². The average Bonchev–Trinajstić information content (AvgIpc) is 3.31. The minimum atomic E-state index is 0.0707. The van der Waals surface area contributed by atoms with Crippen LogP contribution in [0, 0.1) is 18.8 Å². The van der Waals surface area contributed by atoms with Crippen molar-refractivity contribution in [3.05, 3.63) is 66.0 Å². The van der Waals surface area contributed by atoms with Gasteiger partial charge in [0.05, 0.1) is 11.9 Å². The summed E-state index contributed by atoms with van der Waals surface area (Å²) < 4.78 is 11.1. The van der Waals surface area contributed by atoms with Gasteiger partial charge in [-0.15, -0.1) is 0 Å². The molecule has 3 atom stereocenters. The molecule has 8 rings (SSSR count). The molecular formula is C34H37N5O2. The number of carbonyl (C=O) groups is 1. The maximum absolute atomic E-state index is 13.5. The molecule has 1 aliphatic heterocycles. The van der Waals surface area contributed by atoms with E-state index in [0.717, 1.165) is 59.5 Å². The molecule has 1 saturated heterocycles. The van der Waals surface area contributed by atoms with Crippen LogP contribution in [0.4, 0.5) is 0 Å². The van der Waals surface area contributed by atoms with Crippen molar-refractivity contribution in [2.45, 2.75) is 71.1 Å². The molecule has 2 N–H and O–H groups in total. The third-order valence-electron chi connectivity index (χ3n) is 9.84. The second-order valence-electron chi connectivity index (χ2n) is 12.9. The fourth-order valence-corrected chi connectivity index (χ4v) is 7.20. The minimum Gasteiger partial charge on any atom is -0.454 e. The molecule has 2 saturated carbocycles. The molecule has 0 radical (unpaired) electrons. The summed E-state index contributed by atoms with van der Waals surface area (Å²) in [4.78, 5) is 15.5. The number of furan rings is 1. The number of benzene rings is 2. The smallest absolute Gasteiger partial charge is 0.254 e. The van der Waals surface area contributed by atoms with Crippen LogP contribution in [-0.4, -0.2) is 43.8 Å². The lowest BCUT2D eigenvalue weighted by molar-refractivity contribution is 0.0700. The molecule has 2 bridgehead atoms. The maximum atomic E-state index is 13.5. The topological polar surface area (TPSA) is 82.2 Å².